The Labute approximate surface area is 190 Å². The van der Waals surface area contributed by atoms with Crippen LogP contribution in [0.1, 0.15) is 34.9 Å². The molecule has 0 amide bonds. The van der Waals surface area contributed by atoms with Gasteiger partial charge in [-0.05, 0) is 55.5 Å². The lowest BCUT2D eigenvalue weighted by atomic mass is 9.97. The van der Waals surface area contributed by atoms with Crippen LogP contribution in [0.25, 0.3) is 21.8 Å². The highest BCUT2D eigenvalue weighted by atomic mass is 32.2. The fourth-order valence-corrected chi connectivity index (χ4v) is 6.11. The standard InChI is InChI=1S/C22H18N4O4S2/c27-21-18-14-6-1-2-8-16(14)32-20(18)24-22(26(21)11-13-5-3-9-28-13)31-12-17-23-19(25-30-17)15-7-4-10-29-15/h3-5,7,9-10H,1-2,6,8,11-12H2. The van der Waals surface area contributed by atoms with Gasteiger partial charge in [0.15, 0.2) is 10.9 Å². The smallest absolute Gasteiger partial charge is 0.263 e. The summed E-state index contributed by atoms with van der Waals surface area (Å²) in [6.45, 7) is 0.323. The van der Waals surface area contributed by atoms with E-state index in [0.717, 1.165) is 35.9 Å². The van der Waals surface area contributed by atoms with E-state index >= 15 is 0 Å². The van der Waals surface area contributed by atoms with Crippen molar-refractivity contribution in [2.75, 3.05) is 0 Å². The van der Waals surface area contributed by atoms with Gasteiger partial charge in [0.05, 0.1) is 30.2 Å². The second-order valence-electron chi connectivity index (χ2n) is 7.53. The lowest BCUT2D eigenvalue weighted by Gasteiger charge is -2.12. The van der Waals surface area contributed by atoms with E-state index in [-0.39, 0.29) is 5.56 Å². The highest BCUT2D eigenvalue weighted by Gasteiger charge is 2.23. The predicted octanol–water partition coefficient (Wildman–Crippen LogP) is 4.91. The molecule has 0 spiro atoms. The minimum Gasteiger partial charge on any atom is -0.467 e. The summed E-state index contributed by atoms with van der Waals surface area (Å²) in [4.78, 5) is 25.0. The van der Waals surface area contributed by atoms with E-state index in [2.05, 4.69) is 10.1 Å². The van der Waals surface area contributed by atoms with Crippen LogP contribution in [-0.4, -0.2) is 19.7 Å². The number of thiophene rings is 1. The van der Waals surface area contributed by atoms with E-state index in [4.69, 9.17) is 18.3 Å². The monoisotopic (exact) mass is 466 g/mol. The zero-order valence-corrected chi connectivity index (χ0v) is 18.6. The first-order valence-electron chi connectivity index (χ1n) is 10.3. The first-order chi connectivity index (χ1) is 15.8. The number of nitrogens with zero attached hydrogens (tertiary/aromatic N) is 4. The average Bonchev–Trinajstić information content (AvgIpc) is 3.60. The fourth-order valence-electron chi connectivity index (χ4n) is 3.97. The van der Waals surface area contributed by atoms with Gasteiger partial charge in [0.2, 0.25) is 11.7 Å². The van der Waals surface area contributed by atoms with Crippen LogP contribution in [0.15, 0.2) is 60.1 Å². The van der Waals surface area contributed by atoms with Crippen molar-refractivity contribution in [1.29, 1.82) is 0 Å². The Morgan fingerprint density at radius 3 is 2.81 bits per heavy atom. The van der Waals surface area contributed by atoms with E-state index < -0.39 is 0 Å². The van der Waals surface area contributed by atoms with Gasteiger partial charge in [-0.3, -0.25) is 9.36 Å². The molecule has 0 saturated carbocycles. The van der Waals surface area contributed by atoms with Crippen molar-refractivity contribution in [3.8, 4) is 11.6 Å². The Morgan fingerprint density at radius 1 is 1.09 bits per heavy atom. The first-order valence-corrected chi connectivity index (χ1v) is 12.1. The molecule has 6 rings (SSSR count). The highest BCUT2D eigenvalue weighted by Crippen LogP contribution is 2.35. The maximum atomic E-state index is 13.6. The van der Waals surface area contributed by atoms with Crippen molar-refractivity contribution in [2.45, 2.75) is 43.1 Å². The normalized spacial score (nSPS) is 13.6. The van der Waals surface area contributed by atoms with Crippen LogP contribution in [0, 0.1) is 0 Å². The molecule has 1 aliphatic rings. The van der Waals surface area contributed by atoms with E-state index in [9.17, 15) is 4.79 Å². The van der Waals surface area contributed by atoms with Gasteiger partial charge >= 0.3 is 0 Å². The molecule has 0 radical (unpaired) electrons. The molecule has 10 heteroatoms. The molecular weight excluding hydrogens is 448 g/mol. The number of hydrogen-bond acceptors (Lipinski definition) is 9. The molecule has 0 bridgehead atoms. The van der Waals surface area contributed by atoms with E-state index in [1.165, 1.54) is 22.2 Å². The molecule has 1 aliphatic carbocycles. The molecule has 0 saturated heterocycles. The minimum atomic E-state index is -0.0184. The first kappa shape index (κ1) is 19.6. The zero-order chi connectivity index (χ0) is 21.5. The number of hydrogen-bond donors (Lipinski definition) is 0. The molecule has 5 aromatic heterocycles. The van der Waals surface area contributed by atoms with Gasteiger partial charge in [-0.15, -0.1) is 11.3 Å². The number of thioether (sulfide) groups is 1. The summed E-state index contributed by atoms with van der Waals surface area (Å²) in [5.41, 5.74) is 1.16. The summed E-state index contributed by atoms with van der Waals surface area (Å²) >= 11 is 3.04. The topological polar surface area (TPSA) is 100 Å². The van der Waals surface area contributed by atoms with E-state index in [0.29, 0.717) is 40.7 Å². The number of fused-ring (bicyclic) bond motifs is 3. The number of furan rings is 2. The van der Waals surface area contributed by atoms with Crippen LogP contribution in [0.4, 0.5) is 0 Å². The fraction of sp³-hybridized carbons (Fsp3) is 0.273. The molecule has 8 nitrogen and oxygen atoms in total. The third kappa shape index (κ3) is 3.49. The molecule has 0 N–H and O–H groups in total. The molecule has 32 heavy (non-hydrogen) atoms. The maximum absolute atomic E-state index is 13.6. The summed E-state index contributed by atoms with van der Waals surface area (Å²) in [6, 6.07) is 7.23. The van der Waals surface area contributed by atoms with Crippen LogP contribution < -0.4 is 5.56 Å². The van der Waals surface area contributed by atoms with Crippen LogP contribution in [-0.2, 0) is 25.1 Å². The molecule has 162 valence electrons. The second kappa shape index (κ2) is 8.10. The molecule has 0 aromatic carbocycles. The molecule has 5 aromatic rings. The van der Waals surface area contributed by atoms with Crippen molar-refractivity contribution in [3.63, 3.8) is 0 Å². The van der Waals surface area contributed by atoms with Crippen molar-refractivity contribution in [3.05, 3.63) is 69.2 Å². The van der Waals surface area contributed by atoms with Gasteiger partial charge in [-0.25, -0.2) is 4.98 Å². The van der Waals surface area contributed by atoms with Crippen LogP contribution in [0.2, 0.25) is 0 Å². The van der Waals surface area contributed by atoms with Gasteiger partial charge in [0.1, 0.15) is 10.6 Å². The summed E-state index contributed by atoms with van der Waals surface area (Å²) < 4.78 is 17.9. The van der Waals surface area contributed by atoms with Gasteiger partial charge in [-0.1, -0.05) is 16.9 Å². The van der Waals surface area contributed by atoms with Gasteiger partial charge < -0.3 is 13.4 Å². The molecule has 0 fully saturated rings. The minimum absolute atomic E-state index is 0.0184. The summed E-state index contributed by atoms with van der Waals surface area (Å²) in [5.74, 6) is 2.47. The SMILES string of the molecule is O=c1c2c3c(sc2nc(SCc2nc(-c4ccco4)no2)n1Cc1ccco1)CCCC3. The lowest BCUT2D eigenvalue weighted by Crippen LogP contribution is -2.24. The maximum Gasteiger partial charge on any atom is 0.263 e. The molecule has 5 heterocycles. The average molecular weight is 467 g/mol. The summed E-state index contributed by atoms with van der Waals surface area (Å²) in [6.07, 6.45) is 7.41. The Balaban J connectivity index is 1.37. The van der Waals surface area contributed by atoms with Crippen molar-refractivity contribution >= 4 is 33.3 Å². The van der Waals surface area contributed by atoms with Crippen molar-refractivity contribution in [2.24, 2.45) is 0 Å². The number of rotatable bonds is 6. The van der Waals surface area contributed by atoms with Crippen molar-refractivity contribution < 1.29 is 13.4 Å². The third-order valence-electron chi connectivity index (χ3n) is 5.47. The van der Waals surface area contributed by atoms with Gasteiger partial charge in [-0.2, -0.15) is 4.98 Å². The van der Waals surface area contributed by atoms with Gasteiger partial charge in [0, 0.05) is 4.88 Å². The number of aromatic nitrogens is 4. The van der Waals surface area contributed by atoms with Crippen molar-refractivity contribution in [1.82, 2.24) is 19.7 Å². The Hall–Kier alpha value is -3.11. The van der Waals surface area contributed by atoms with Gasteiger partial charge in [0.25, 0.3) is 5.56 Å². The Morgan fingerprint density at radius 2 is 1.97 bits per heavy atom. The molecule has 0 aliphatic heterocycles. The Bertz CT molecular complexity index is 1430. The van der Waals surface area contributed by atoms with Crippen LogP contribution in [0.3, 0.4) is 0 Å². The van der Waals surface area contributed by atoms with Crippen LogP contribution in [0.5, 0.6) is 0 Å². The summed E-state index contributed by atoms with van der Waals surface area (Å²) in [7, 11) is 0. The molecule has 0 atom stereocenters. The molecule has 0 unspecified atom stereocenters. The zero-order valence-electron chi connectivity index (χ0n) is 16.9. The lowest BCUT2D eigenvalue weighted by molar-refractivity contribution is 0.390. The third-order valence-corrected chi connectivity index (χ3v) is 7.62. The second-order valence-corrected chi connectivity index (χ2v) is 9.56. The predicted molar refractivity (Wildman–Crippen MR) is 120 cm³/mol. The van der Waals surface area contributed by atoms with Crippen LogP contribution >= 0.6 is 23.1 Å². The molecular formula is C22H18N4O4S2. The summed E-state index contributed by atoms with van der Waals surface area (Å²) in [5, 5.41) is 5.34. The largest absolute Gasteiger partial charge is 0.467 e. The number of aryl methyl sites for hydroxylation is 2. The quantitative estimate of drug-likeness (QED) is 0.257. The van der Waals surface area contributed by atoms with E-state index in [1.54, 1.807) is 40.6 Å². The highest BCUT2D eigenvalue weighted by molar-refractivity contribution is 7.98. The Kier molecular flexibility index (Phi) is 4.95. The van der Waals surface area contributed by atoms with E-state index in [1.807, 2.05) is 12.1 Å².